The summed E-state index contributed by atoms with van der Waals surface area (Å²) in [6.07, 6.45) is 0. The van der Waals surface area contributed by atoms with Crippen LogP contribution in [0.2, 0.25) is 0 Å². The maximum Gasteiger partial charge on any atom is 0.241 e. The molecule has 0 bridgehead atoms. The lowest BCUT2D eigenvalue weighted by Gasteiger charge is -2.26. The molecule has 0 aliphatic rings. The Labute approximate surface area is 129 Å². The van der Waals surface area contributed by atoms with Crippen LogP contribution in [0.1, 0.15) is 27.7 Å². The highest BCUT2D eigenvalue weighted by Crippen LogP contribution is 2.22. The van der Waals surface area contributed by atoms with Crippen molar-refractivity contribution in [1.82, 2.24) is 0 Å². The molecule has 0 saturated carbocycles. The maximum atomic E-state index is 13.7. The summed E-state index contributed by atoms with van der Waals surface area (Å²) < 4.78 is 13.7. The molecule has 21 heavy (non-hydrogen) atoms. The van der Waals surface area contributed by atoms with E-state index in [2.05, 4.69) is 10.6 Å². The van der Waals surface area contributed by atoms with Gasteiger partial charge in [-0.15, -0.1) is 12.4 Å². The first-order valence-electron chi connectivity index (χ1n) is 6.25. The first-order chi connectivity index (χ1) is 9.11. The number of benzene rings is 1. The van der Waals surface area contributed by atoms with E-state index in [1.165, 1.54) is 25.1 Å². The molecule has 1 aromatic carbocycles. The minimum atomic E-state index is -0.772. The molecule has 0 saturated heterocycles. The topological polar surface area (TPSA) is 84.2 Å². The Morgan fingerprint density at radius 3 is 2.29 bits per heavy atom. The third-order valence-electron chi connectivity index (χ3n) is 2.76. The standard InChI is InChI=1S/C14H20FN3O2.ClH/c1-8(19)17-9-5-6-10(15)11(7-9)18-13(20)12(16)14(2,3)4;/h5-7,12H,16H2,1-4H3,(H,17,19)(H,18,20);1H/t12-;/m1./s1. The average molecular weight is 318 g/mol. The van der Waals surface area contributed by atoms with Gasteiger partial charge in [-0.25, -0.2) is 4.39 Å². The largest absolute Gasteiger partial charge is 0.326 e. The second-order valence-electron chi connectivity index (χ2n) is 5.71. The number of hydrogen-bond donors (Lipinski definition) is 3. The lowest BCUT2D eigenvalue weighted by atomic mass is 9.87. The molecule has 0 fully saturated rings. The smallest absolute Gasteiger partial charge is 0.241 e. The zero-order valence-corrected chi connectivity index (χ0v) is 13.3. The molecule has 7 heteroatoms. The molecule has 0 aromatic heterocycles. The van der Waals surface area contributed by atoms with Crippen molar-refractivity contribution in [2.75, 3.05) is 10.6 Å². The van der Waals surface area contributed by atoms with E-state index in [0.29, 0.717) is 5.69 Å². The molecule has 4 N–H and O–H groups in total. The normalized spacial score (nSPS) is 12.1. The van der Waals surface area contributed by atoms with E-state index in [1.807, 2.05) is 20.8 Å². The minimum Gasteiger partial charge on any atom is -0.326 e. The average Bonchev–Trinajstić information content (AvgIpc) is 2.30. The van der Waals surface area contributed by atoms with Gasteiger partial charge in [0.05, 0.1) is 11.7 Å². The number of nitrogens with two attached hydrogens (primary N) is 1. The van der Waals surface area contributed by atoms with E-state index in [9.17, 15) is 14.0 Å². The summed E-state index contributed by atoms with van der Waals surface area (Å²) >= 11 is 0. The van der Waals surface area contributed by atoms with Gasteiger partial charge < -0.3 is 16.4 Å². The van der Waals surface area contributed by atoms with Crippen LogP contribution in [0.5, 0.6) is 0 Å². The van der Waals surface area contributed by atoms with Crippen LogP contribution in [0.4, 0.5) is 15.8 Å². The fourth-order valence-corrected chi connectivity index (χ4v) is 1.51. The number of carbonyl (C=O) groups is 2. The van der Waals surface area contributed by atoms with E-state index in [1.54, 1.807) is 0 Å². The Hall–Kier alpha value is -1.66. The summed E-state index contributed by atoms with van der Waals surface area (Å²) in [5.74, 6) is -1.34. The predicted octanol–water partition coefficient (Wildman–Crippen LogP) is 2.52. The van der Waals surface area contributed by atoms with Crippen LogP contribution in [0.3, 0.4) is 0 Å². The van der Waals surface area contributed by atoms with Gasteiger partial charge >= 0.3 is 0 Å². The Kier molecular flexibility index (Phi) is 6.79. The zero-order valence-electron chi connectivity index (χ0n) is 12.5. The van der Waals surface area contributed by atoms with Gasteiger partial charge in [0.15, 0.2) is 0 Å². The van der Waals surface area contributed by atoms with Crippen molar-refractivity contribution < 1.29 is 14.0 Å². The second-order valence-corrected chi connectivity index (χ2v) is 5.71. The van der Waals surface area contributed by atoms with Gasteiger partial charge in [-0.3, -0.25) is 9.59 Å². The molecule has 0 unspecified atom stereocenters. The van der Waals surface area contributed by atoms with Crippen LogP contribution in [0.25, 0.3) is 0 Å². The SMILES string of the molecule is CC(=O)Nc1ccc(F)c(NC(=O)[C@@H](N)C(C)(C)C)c1.Cl. The third kappa shape index (κ3) is 5.69. The van der Waals surface area contributed by atoms with Gasteiger partial charge in [-0.05, 0) is 23.6 Å². The van der Waals surface area contributed by atoms with Gasteiger partial charge in [0.25, 0.3) is 0 Å². The Balaban J connectivity index is 0.00000400. The van der Waals surface area contributed by atoms with Crippen LogP contribution >= 0.6 is 12.4 Å². The number of rotatable bonds is 3. The van der Waals surface area contributed by atoms with Crippen molar-refractivity contribution in [1.29, 1.82) is 0 Å². The lowest BCUT2D eigenvalue weighted by molar-refractivity contribution is -0.119. The van der Waals surface area contributed by atoms with Gasteiger partial charge in [-0.2, -0.15) is 0 Å². The minimum absolute atomic E-state index is 0. The van der Waals surface area contributed by atoms with Crippen molar-refractivity contribution in [3.8, 4) is 0 Å². The number of nitrogens with one attached hydrogen (secondary N) is 2. The Bertz CT molecular complexity index is 529. The van der Waals surface area contributed by atoms with Crippen LogP contribution < -0.4 is 16.4 Å². The Morgan fingerprint density at radius 2 is 1.81 bits per heavy atom. The number of halogens is 2. The molecule has 118 valence electrons. The molecule has 2 amide bonds. The molecule has 1 rings (SSSR count). The first kappa shape index (κ1) is 19.3. The summed E-state index contributed by atoms with van der Waals surface area (Å²) in [4.78, 5) is 22.9. The predicted molar refractivity (Wildman–Crippen MR) is 84.0 cm³/mol. The lowest BCUT2D eigenvalue weighted by Crippen LogP contribution is -2.45. The number of carbonyl (C=O) groups excluding carboxylic acids is 2. The van der Waals surface area contributed by atoms with E-state index < -0.39 is 23.2 Å². The first-order valence-corrected chi connectivity index (χ1v) is 6.25. The molecule has 0 spiro atoms. The molecule has 0 heterocycles. The van der Waals surface area contributed by atoms with Gasteiger partial charge in [-0.1, -0.05) is 20.8 Å². The third-order valence-corrected chi connectivity index (χ3v) is 2.76. The van der Waals surface area contributed by atoms with E-state index in [-0.39, 0.29) is 24.0 Å². The van der Waals surface area contributed by atoms with Gasteiger partial charge in [0, 0.05) is 12.6 Å². The highest BCUT2D eigenvalue weighted by Gasteiger charge is 2.27. The van der Waals surface area contributed by atoms with Crippen molar-refractivity contribution in [3.63, 3.8) is 0 Å². The summed E-state index contributed by atoms with van der Waals surface area (Å²) in [5, 5.41) is 4.96. The number of amides is 2. The van der Waals surface area contributed by atoms with Crippen molar-refractivity contribution in [2.45, 2.75) is 33.7 Å². The van der Waals surface area contributed by atoms with Gasteiger partial charge in [0.2, 0.25) is 11.8 Å². The molecule has 5 nitrogen and oxygen atoms in total. The monoisotopic (exact) mass is 317 g/mol. The van der Waals surface area contributed by atoms with E-state index in [4.69, 9.17) is 5.73 Å². The highest BCUT2D eigenvalue weighted by atomic mass is 35.5. The van der Waals surface area contributed by atoms with Gasteiger partial charge in [0.1, 0.15) is 5.82 Å². The van der Waals surface area contributed by atoms with E-state index in [0.717, 1.165) is 0 Å². The fourth-order valence-electron chi connectivity index (χ4n) is 1.51. The molecule has 1 atom stereocenters. The molecule has 0 aliphatic heterocycles. The molecule has 1 aromatic rings. The fraction of sp³-hybridized carbons (Fsp3) is 0.429. The summed E-state index contributed by atoms with van der Waals surface area (Å²) in [7, 11) is 0. The zero-order chi connectivity index (χ0) is 15.5. The molecule has 0 radical (unpaired) electrons. The van der Waals surface area contributed by atoms with E-state index >= 15 is 0 Å². The Morgan fingerprint density at radius 1 is 1.24 bits per heavy atom. The van der Waals surface area contributed by atoms with Crippen molar-refractivity contribution in [2.24, 2.45) is 11.1 Å². The van der Waals surface area contributed by atoms with Crippen LogP contribution in [-0.4, -0.2) is 17.9 Å². The summed E-state index contributed by atoms with van der Waals surface area (Å²) in [6, 6.07) is 3.16. The quantitative estimate of drug-likeness (QED) is 0.801. The second kappa shape index (κ2) is 7.38. The summed E-state index contributed by atoms with van der Waals surface area (Å²) in [5.41, 5.74) is 5.76. The number of anilines is 2. The van der Waals surface area contributed by atoms with Crippen molar-refractivity contribution >= 4 is 35.6 Å². The summed E-state index contributed by atoms with van der Waals surface area (Å²) in [6.45, 7) is 6.81. The van der Waals surface area contributed by atoms with Crippen LogP contribution in [0.15, 0.2) is 18.2 Å². The molecule has 0 aliphatic carbocycles. The number of hydrogen-bond acceptors (Lipinski definition) is 3. The van der Waals surface area contributed by atoms with Crippen molar-refractivity contribution in [3.05, 3.63) is 24.0 Å². The molecular formula is C14H21ClFN3O2. The van der Waals surface area contributed by atoms with Crippen LogP contribution in [-0.2, 0) is 9.59 Å². The molecular weight excluding hydrogens is 297 g/mol. The van der Waals surface area contributed by atoms with Crippen LogP contribution in [0, 0.1) is 11.2 Å². The maximum absolute atomic E-state index is 13.7. The highest BCUT2D eigenvalue weighted by molar-refractivity contribution is 5.96.